The molecule has 1 nitrogen and oxygen atoms in total. The molecule has 0 bridgehead atoms. The van der Waals surface area contributed by atoms with Crippen LogP contribution in [0.5, 0.6) is 0 Å². The van der Waals surface area contributed by atoms with E-state index < -0.39 is 0 Å². The highest BCUT2D eigenvalue weighted by Gasteiger charge is 2.25. The van der Waals surface area contributed by atoms with E-state index in [2.05, 4.69) is 66.7 Å². The van der Waals surface area contributed by atoms with Gasteiger partial charge in [-0.2, -0.15) is 0 Å². The van der Waals surface area contributed by atoms with Gasteiger partial charge in [0.25, 0.3) is 0 Å². The third-order valence-corrected chi connectivity index (χ3v) is 5.36. The van der Waals surface area contributed by atoms with Gasteiger partial charge in [0.15, 0.2) is 0 Å². The van der Waals surface area contributed by atoms with Crippen molar-refractivity contribution in [2.24, 2.45) is 0 Å². The van der Waals surface area contributed by atoms with Crippen LogP contribution in [0.2, 0.25) is 0 Å². The molecule has 0 aliphatic heterocycles. The van der Waals surface area contributed by atoms with Crippen molar-refractivity contribution in [2.75, 3.05) is 0 Å². The summed E-state index contributed by atoms with van der Waals surface area (Å²) in [4.78, 5) is 6.28. The number of thiazole rings is 1. The molecule has 0 spiro atoms. The first kappa shape index (κ1) is 12.1. The molecule has 22 heavy (non-hydrogen) atoms. The second kappa shape index (κ2) is 4.52. The maximum atomic E-state index is 4.94. The van der Waals surface area contributed by atoms with Gasteiger partial charge in [0.05, 0.1) is 15.6 Å². The van der Waals surface area contributed by atoms with E-state index in [9.17, 15) is 0 Å². The van der Waals surface area contributed by atoms with Gasteiger partial charge in [-0.05, 0) is 16.3 Å². The Morgan fingerprint density at radius 2 is 1.55 bits per heavy atom. The van der Waals surface area contributed by atoms with Crippen LogP contribution in [0.1, 0.15) is 10.6 Å². The van der Waals surface area contributed by atoms with Gasteiger partial charge in [0.1, 0.15) is 0 Å². The number of hydrogen-bond acceptors (Lipinski definition) is 2. The Morgan fingerprint density at radius 1 is 0.773 bits per heavy atom. The summed E-state index contributed by atoms with van der Waals surface area (Å²) in [5, 5.41) is 3.87. The summed E-state index contributed by atoms with van der Waals surface area (Å²) in [6.07, 6.45) is 0.913. The summed E-state index contributed by atoms with van der Waals surface area (Å²) in [6, 6.07) is 23.6. The van der Waals surface area contributed by atoms with E-state index in [4.69, 9.17) is 4.98 Å². The van der Waals surface area contributed by atoms with Crippen molar-refractivity contribution in [1.29, 1.82) is 0 Å². The van der Waals surface area contributed by atoms with Crippen LogP contribution in [0.3, 0.4) is 0 Å². The van der Waals surface area contributed by atoms with E-state index in [0.717, 1.165) is 6.42 Å². The van der Waals surface area contributed by atoms with Crippen molar-refractivity contribution >= 4 is 22.1 Å². The number of rotatable bonds is 2. The fraction of sp³-hybridized carbons (Fsp3) is 0.0500. The van der Waals surface area contributed by atoms with Crippen molar-refractivity contribution in [3.05, 3.63) is 77.3 Å². The Bertz CT molecular complexity index is 943. The van der Waals surface area contributed by atoms with Gasteiger partial charge in [-0.15, -0.1) is 11.3 Å². The van der Waals surface area contributed by atoms with E-state index >= 15 is 0 Å². The molecule has 1 aromatic heterocycles. The third-order valence-electron chi connectivity index (χ3n) is 4.27. The monoisotopic (exact) mass is 299 g/mol. The zero-order valence-electron chi connectivity index (χ0n) is 11.9. The first-order valence-electron chi connectivity index (χ1n) is 7.46. The van der Waals surface area contributed by atoms with E-state index in [0.29, 0.717) is 0 Å². The van der Waals surface area contributed by atoms with E-state index in [-0.39, 0.29) is 0 Å². The minimum Gasteiger partial charge on any atom is -0.240 e. The molecule has 1 aliphatic rings. The molecule has 104 valence electrons. The lowest BCUT2D eigenvalue weighted by Crippen LogP contribution is -1.87. The van der Waals surface area contributed by atoms with Crippen molar-refractivity contribution in [3.63, 3.8) is 0 Å². The van der Waals surface area contributed by atoms with Crippen LogP contribution in [0.15, 0.2) is 66.7 Å². The summed E-state index contributed by atoms with van der Waals surface area (Å²) in [5.74, 6) is 0. The predicted molar refractivity (Wildman–Crippen MR) is 93.3 cm³/mol. The molecular weight excluding hydrogens is 286 g/mol. The van der Waals surface area contributed by atoms with Gasteiger partial charge in [0.2, 0.25) is 0 Å². The third kappa shape index (κ3) is 1.68. The Hall–Kier alpha value is -2.45. The first-order valence-corrected chi connectivity index (χ1v) is 8.28. The van der Waals surface area contributed by atoms with Crippen molar-refractivity contribution in [2.45, 2.75) is 6.42 Å². The topological polar surface area (TPSA) is 12.9 Å². The van der Waals surface area contributed by atoms with Crippen LogP contribution in [-0.4, -0.2) is 4.98 Å². The average molecular weight is 299 g/mol. The Labute approximate surface area is 132 Å². The predicted octanol–water partition coefficient (Wildman–Crippen LogP) is 5.53. The molecule has 5 rings (SSSR count). The highest BCUT2D eigenvalue weighted by Crippen LogP contribution is 2.49. The minimum atomic E-state index is 0.913. The lowest BCUT2D eigenvalue weighted by molar-refractivity contribution is 1.14. The maximum absolute atomic E-state index is 4.94. The number of hydrogen-bond donors (Lipinski definition) is 0. The fourth-order valence-electron chi connectivity index (χ4n) is 3.30. The second-order valence-corrected chi connectivity index (χ2v) is 6.74. The molecule has 1 heterocycles. The zero-order valence-corrected chi connectivity index (χ0v) is 12.7. The van der Waals surface area contributed by atoms with Crippen LogP contribution in [0.25, 0.3) is 32.5 Å². The molecule has 0 amide bonds. The quantitative estimate of drug-likeness (QED) is 0.417. The molecule has 4 aromatic rings. The highest BCUT2D eigenvalue weighted by atomic mass is 32.1. The molecule has 1 aliphatic carbocycles. The Balaban J connectivity index is 1.66. The Kier molecular flexibility index (Phi) is 2.49. The number of benzene rings is 3. The van der Waals surface area contributed by atoms with Crippen molar-refractivity contribution < 1.29 is 0 Å². The van der Waals surface area contributed by atoms with Gasteiger partial charge in [-0.1, -0.05) is 66.7 Å². The molecule has 0 atom stereocenters. The van der Waals surface area contributed by atoms with Gasteiger partial charge in [-0.3, -0.25) is 0 Å². The summed E-state index contributed by atoms with van der Waals surface area (Å²) < 4.78 is 0. The van der Waals surface area contributed by atoms with E-state index in [1.54, 1.807) is 0 Å². The van der Waals surface area contributed by atoms with Crippen LogP contribution in [-0.2, 0) is 6.42 Å². The standard InChI is InChI=1S/C20H13NS/c1-2-6-13(7-3-1)12-17-21-19-15-10-4-8-14-9-5-11-16(18(14)15)20(19)22-17/h1-11H,12H2. The highest BCUT2D eigenvalue weighted by molar-refractivity contribution is 7.16. The molecule has 0 radical (unpaired) electrons. The number of aromatic nitrogens is 1. The molecule has 2 heteroatoms. The zero-order chi connectivity index (χ0) is 14.5. The average Bonchev–Trinajstić information content (AvgIpc) is 3.09. The van der Waals surface area contributed by atoms with Crippen LogP contribution < -0.4 is 0 Å². The SMILES string of the molecule is c1ccc(Cc2nc3c(s2)-c2cccc4cccc-3c24)cc1. The molecule has 0 unspecified atom stereocenters. The van der Waals surface area contributed by atoms with Gasteiger partial charge < -0.3 is 0 Å². The molecule has 3 aromatic carbocycles. The first-order chi connectivity index (χ1) is 10.9. The smallest absolute Gasteiger partial charge is 0.0982 e. The van der Waals surface area contributed by atoms with Crippen molar-refractivity contribution in [3.8, 4) is 21.7 Å². The van der Waals surface area contributed by atoms with Crippen molar-refractivity contribution in [1.82, 2.24) is 4.98 Å². The van der Waals surface area contributed by atoms with E-state index in [1.165, 1.54) is 43.0 Å². The summed E-state index contributed by atoms with van der Waals surface area (Å²) in [5.41, 5.74) is 5.13. The molecule has 0 saturated heterocycles. The van der Waals surface area contributed by atoms with Gasteiger partial charge >= 0.3 is 0 Å². The molecule has 0 fully saturated rings. The second-order valence-electron chi connectivity index (χ2n) is 5.66. The van der Waals surface area contributed by atoms with Crippen LogP contribution >= 0.6 is 11.3 Å². The van der Waals surface area contributed by atoms with Crippen LogP contribution in [0, 0.1) is 0 Å². The van der Waals surface area contributed by atoms with Gasteiger partial charge in [0, 0.05) is 17.5 Å². The summed E-state index contributed by atoms with van der Waals surface area (Å²) in [6.45, 7) is 0. The molecule has 0 N–H and O–H groups in total. The normalized spacial score (nSPS) is 11.8. The summed E-state index contributed by atoms with van der Waals surface area (Å²) in [7, 11) is 0. The minimum absolute atomic E-state index is 0.913. The molecular formula is C20H13NS. The van der Waals surface area contributed by atoms with Crippen LogP contribution in [0.4, 0.5) is 0 Å². The maximum Gasteiger partial charge on any atom is 0.0982 e. The summed E-state index contributed by atoms with van der Waals surface area (Å²) >= 11 is 1.84. The number of fused-ring (bicyclic) bond motifs is 3. The largest absolute Gasteiger partial charge is 0.240 e. The van der Waals surface area contributed by atoms with Gasteiger partial charge in [-0.25, -0.2) is 4.98 Å². The lowest BCUT2D eigenvalue weighted by atomic mass is 10.0. The van der Waals surface area contributed by atoms with E-state index in [1.807, 2.05) is 11.3 Å². The number of nitrogens with zero attached hydrogens (tertiary/aromatic N) is 1. The molecule has 0 saturated carbocycles. The lowest BCUT2D eigenvalue weighted by Gasteiger charge is -2.02. The Morgan fingerprint density at radius 3 is 2.36 bits per heavy atom. The fourth-order valence-corrected chi connectivity index (χ4v) is 4.45.